The van der Waals surface area contributed by atoms with E-state index in [-0.39, 0.29) is 11.9 Å². The van der Waals surface area contributed by atoms with Crippen molar-refractivity contribution in [2.24, 2.45) is 0 Å². The van der Waals surface area contributed by atoms with Gasteiger partial charge in [-0.15, -0.1) is 0 Å². The van der Waals surface area contributed by atoms with Gasteiger partial charge in [-0.05, 0) is 70.9 Å². The molecule has 5 heteroatoms. The van der Waals surface area contributed by atoms with Crippen molar-refractivity contribution in [2.75, 3.05) is 6.54 Å². The molecule has 4 nitrogen and oxygen atoms in total. The summed E-state index contributed by atoms with van der Waals surface area (Å²) < 4.78 is 0. The molecule has 1 atom stereocenters. The maximum atomic E-state index is 12.7. The van der Waals surface area contributed by atoms with Crippen molar-refractivity contribution in [1.82, 2.24) is 16.0 Å². The highest BCUT2D eigenvalue weighted by Crippen LogP contribution is 2.32. The van der Waals surface area contributed by atoms with Crippen LogP contribution in [0, 0.1) is 0 Å². The van der Waals surface area contributed by atoms with Gasteiger partial charge in [0.05, 0.1) is 6.42 Å². The molecule has 1 unspecified atom stereocenters. The largest absolute Gasteiger partial charge is 0.360 e. The molecule has 3 aromatic rings. The Morgan fingerprint density at radius 3 is 2.58 bits per heavy atom. The molecule has 0 bridgehead atoms. The number of thiocarbonyl (C=S) groups is 1. The summed E-state index contributed by atoms with van der Waals surface area (Å²) in [6, 6.07) is 21.6. The number of benzene rings is 3. The molecule has 5 rings (SSSR count). The van der Waals surface area contributed by atoms with E-state index in [1.54, 1.807) is 0 Å². The predicted octanol–water partition coefficient (Wildman–Crippen LogP) is 4.31. The van der Waals surface area contributed by atoms with Crippen molar-refractivity contribution in [1.29, 1.82) is 0 Å². The van der Waals surface area contributed by atoms with Crippen molar-refractivity contribution >= 4 is 40.1 Å². The lowest BCUT2D eigenvalue weighted by atomic mass is 9.82. The number of hydrogen-bond donors (Lipinski definition) is 3. The Bertz CT molecular complexity index is 1200. The Balaban J connectivity index is 1.27. The molecule has 2 aliphatic rings. The number of hydrogen-bond acceptors (Lipinski definition) is 2. The maximum Gasteiger partial charge on any atom is 0.224 e. The van der Waals surface area contributed by atoms with Crippen LogP contribution in [0.1, 0.15) is 35.1 Å². The fourth-order valence-corrected chi connectivity index (χ4v) is 4.97. The molecule has 168 valence electrons. The quantitative estimate of drug-likeness (QED) is 0.465. The summed E-state index contributed by atoms with van der Waals surface area (Å²) in [5.41, 5.74) is 4.84. The lowest BCUT2D eigenvalue weighted by Gasteiger charge is -2.29. The second-order valence-corrected chi connectivity index (χ2v) is 9.42. The third kappa shape index (κ3) is 5.42. The van der Waals surface area contributed by atoms with Gasteiger partial charge in [0, 0.05) is 18.6 Å². The molecule has 0 spiro atoms. The van der Waals surface area contributed by atoms with Gasteiger partial charge in [0.15, 0.2) is 5.11 Å². The zero-order valence-electron chi connectivity index (χ0n) is 18.6. The average molecular weight is 456 g/mol. The highest BCUT2D eigenvalue weighted by Gasteiger charge is 2.26. The fraction of sp³-hybridized carbons (Fsp3) is 0.286. The van der Waals surface area contributed by atoms with Crippen LogP contribution in [0.15, 0.2) is 66.7 Å². The highest BCUT2D eigenvalue weighted by atomic mass is 32.1. The van der Waals surface area contributed by atoms with E-state index in [1.165, 1.54) is 34.7 Å². The zero-order valence-corrected chi connectivity index (χ0v) is 19.5. The molecule has 0 aliphatic heterocycles. The van der Waals surface area contributed by atoms with E-state index >= 15 is 0 Å². The molecule has 3 N–H and O–H groups in total. The van der Waals surface area contributed by atoms with E-state index in [9.17, 15) is 4.79 Å². The first kappa shape index (κ1) is 21.7. The van der Waals surface area contributed by atoms with Crippen LogP contribution in [0.3, 0.4) is 0 Å². The van der Waals surface area contributed by atoms with E-state index in [0.29, 0.717) is 19.0 Å². The number of rotatable bonds is 7. The van der Waals surface area contributed by atoms with Crippen molar-refractivity contribution in [3.8, 4) is 0 Å². The van der Waals surface area contributed by atoms with Crippen LogP contribution in [0.25, 0.3) is 16.8 Å². The average Bonchev–Trinajstić information content (AvgIpc) is 3.63. The van der Waals surface area contributed by atoms with Crippen LogP contribution < -0.4 is 16.0 Å². The standard InChI is InChI=1S/C28H29N3OS/c32-26(29-15-5-8-19-6-2-1-3-7-19)17-21-12-11-20-9-4-10-22-16-24(18-25(21)27(20)22)31-28(33)30-23-13-14-23/h1-12,23-24H,13-18H2,(H,29,32)(H2,30,31,33). The summed E-state index contributed by atoms with van der Waals surface area (Å²) in [5.74, 6) is 0.0433. The highest BCUT2D eigenvalue weighted by molar-refractivity contribution is 7.80. The lowest BCUT2D eigenvalue weighted by molar-refractivity contribution is -0.120. The van der Waals surface area contributed by atoms with Gasteiger partial charge in [-0.3, -0.25) is 4.79 Å². The fourth-order valence-electron chi connectivity index (χ4n) is 4.64. The van der Waals surface area contributed by atoms with Gasteiger partial charge in [-0.2, -0.15) is 0 Å². The molecule has 2 aliphatic carbocycles. The third-order valence-corrected chi connectivity index (χ3v) is 6.61. The van der Waals surface area contributed by atoms with Crippen LogP contribution in [-0.2, 0) is 24.1 Å². The molecule has 0 saturated heterocycles. The van der Waals surface area contributed by atoms with Gasteiger partial charge in [0.2, 0.25) is 5.91 Å². The number of carbonyl (C=O) groups is 1. The van der Waals surface area contributed by atoms with Gasteiger partial charge < -0.3 is 16.0 Å². The second kappa shape index (κ2) is 9.75. The van der Waals surface area contributed by atoms with Crippen molar-refractivity contribution in [3.05, 3.63) is 89.0 Å². The predicted molar refractivity (Wildman–Crippen MR) is 139 cm³/mol. The smallest absolute Gasteiger partial charge is 0.224 e. The van der Waals surface area contributed by atoms with Crippen LogP contribution in [0.4, 0.5) is 0 Å². The molecule has 33 heavy (non-hydrogen) atoms. The summed E-state index contributed by atoms with van der Waals surface area (Å²) >= 11 is 5.54. The van der Waals surface area contributed by atoms with Gasteiger partial charge >= 0.3 is 0 Å². The van der Waals surface area contributed by atoms with Gasteiger partial charge in [0.1, 0.15) is 0 Å². The van der Waals surface area contributed by atoms with E-state index in [4.69, 9.17) is 12.2 Å². The summed E-state index contributed by atoms with van der Waals surface area (Å²) in [5, 5.41) is 13.2. The molecule has 0 heterocycles. The molecule has 0 radical (unpaired) electrons. The number of amides is 1. The minimum Gasteiger partial charge on any atom is -0.360 e. The van der Waals surface area contributed by atoms with Gasteiger partial charge in [-0.25, -0.2) is 0 Å². The van der Waals surface area contributed by atoms with E-state index in [2.05, 4.69) is 46.3 Å². The van der Waals surface area contributed by atoms with Crippen molar-refractivity contribution in [2.45, 2.75) is 44.2 Å². The Kier molecular flexibility index (Phi) is 6.40. The van der Waals surface area contributed by atoms with E-state index in [0.717, 1.165) is 29.1 Å². The normalized spacial score (nSPS) is 17.2. The summed E-state index contributed by atoms with van der Waals surface area (Å²) in [6.45, 7) is 0.521. The lowest BCUT2D eigenvalue weighted by Crippen LogP contribution is -2.45. The van der Waals surface area contributed by atoms with Gasteiger partial charge in [-0.1, -0.05) is 72.8 Å². The van der Waals surface area contributed by atoms with Gasteiger partial charge in [0.25, 0.3) is 0 Å². The van der Waals surface area contributed by atoms with Crippen LogP contribution in [-0.4, -0.2) is 29.6 Å². The summed E-state index contributed by atoms with van der Waals surface area (Å²) in [4.78, 5) is 12.7. The van der Waals surface area contributed by atoms with Crippen molar-refractivity contribution in [3.63, 3.8) is 0 Å². The Labute approximate surface area is 200 Å². The zero-order chi connectivity index (χ0) is 22.6. The molecule has 0 aromatic heterocycles. The number of carbonyl (C=O) groups excluding carboxylic acids is 1. The minimum absolute atomic E-state index is 0.0433. The first-order chi connectivity index (χ1) is 16.2. The SMILES string of the molecule is O=C(Cc1ccc2cccc3c2c1CC(NC(=S)NC1CC1)C3)NCC=Cc1ccccc1. The minimum atomic E-state index is 0.0433. The summed E-state index contributed by atoms with van der Waals surface area (Å²) in [7, 11) is 0. The topological polar surface area (TPSA) is 53.2 Å². The first-order valence-corrected chi connectivity index (χ1v) is 12.1. The maximum absolute atomic E-state index is 12.7. The van der Waals surface area contributed by atoms with Crippen LogP contribution in [0.2, 0.25) is 0 Å². The Hall–Kier alpha value is -3.18. The van der Waals surface area contributed by atoms with Crippen LogP contribution >= 0.6 is 12.2 Å². The van der Waals surface area contributed by atoms with E-state index in [1.807, 2.05) is 42.5 Å². The third-order valence-electron chi connectivity index (χ3n) is 6.38. The summed E-state index contributed by atoms with van der Waals surface area (Å²) in [6.07, 6.45) is 8.62. The van der Waals surface area contributed by atoms with E-state index < -0.39 is 0 Å². The Morgan fingerprint density at radius 1 is 0.939 bits per heavy atom. The van der Waals surface area contributed by atoms with Crippen molar-refractivity contribution < 1.29 is 4.79 Å². The molecule has 3 aromatic carbocycles. The first-order valence-electron chi connectivity index (χ1n) is 11.7. The molecule has 1 fully saturated rings. The number of nitrogens with one attached hydrogen (secondary N) is 3. The molecule has 1 saturated carbocycles. The van der Waals surface area contributed by atoms with Crippen LogP contribution in [0.5, 0.6) is 0 Å². The second-order valence-electron chi connectivity index (χ2n) is 9.01. The molecular weight excluding hydrogens is 426 g/mol. The molecule has 1 amide bonds. The Morgan fingerprint density at radius 2 is 1.76 bits per heavy atom. The monoisotopic (exact) mass is 455 g/mol. The molecular formula is C28H29N3OS.